The number of rotatable bonds is 0. The van der Waals surface area contributed by atoms with Crippen molar-refractivity contribution in [1.82, 2.24) is 5.32 Å². The number of nitrogens with zero attached hydrogens (tertiary/aromatic N) is 1. The molecule has 1 amide bonds. The first kappa shape index (κ1) is 15.5. The molecule has 0 aromatic heterocycles. The molecule has 1 aromatic carbocycles. The molecule has 1 aromatic rings. The average molecular weight is 334 g/mol. The van der Waals surface area contributed by atoms with Gasteiger partial charge in [0.15, 0.2) is 0 Å². The van der Waals surface area contributed by atoms with Crippen molar-refractivity contribution in [2.75, 3.05) is 5.32 Å². The van der Waals surface area contributed by atoms with Gasteiger partial charge >= 0.3 is 0 Å². The Balaban J connectivity index is 2.09. The highest BCUT2D eigenvalue weighted by atomic mass is 16.2. The topological polar surface area (TPSA) is 108 Å². The van der Waals surface area contributed by atoms with E-state index < -0.39 is 11.3 Å². The van der Waals surface area contributed by atoms with Crippen molar-refractivity contribution in [3.8, 4) is 6.07 Å². The third-order valence-electron chi connectivity index (χ3n) is 5.25. The van der Waals surface area contributed by atoms with Gasteiger partial charge in [-0.05, 0) is 17.0 Å². The van der Waals surface area contributed by atoms with Crippen LogP contribution in [0.4, 0.5) is 5.69 Å². The van der Waals surface area contributed by atoms with Gasteiger partial charge in [-0.25, -0.2) is 0 Å². The summed E-state index contributed by atoms with van der Waals surface area (Å²) in [5, 5.41) is 15.6. The van der Waals surface area contributed by atoms with Gasteiger partial charge in [-0.15, -0.1) is 0 Å². The SMILES string of the molecule is CC1(C)C=C2NC(N)=C(C#N)C3(C(=O)Nc4ccccc43)C2C(=O)C1. The molecule has 3 aliphatic rings. The van der Waals surface area contributed by atoms with Crippen LogP contribution in [-0.4, -0.2) is 11.7 Å². The predicted octanol–water partition coefficient (Wildman–Crippen LogP) is 1.67. The van der Waals surface area contributed by atoms with Crippen LogP contribution >= 0.6 is 0 Å². The number of Topliss-reactive ketones (excluding diaryl/α,β-unsaturated/α-hetero) is 1. The third kappa shape index (κ3) is 1.84. The number of amides is 1. The second-order valence-corrected chi connectivity index (χ2v) is 7.50. The van der Waals surface area contributed by atoms with E-state index in [2.05, 4.69) is 16.7 Å². The lowest BCUT2D eigenvalue weighted by Gasteiger charge is -2.44. The quantitative estimate of drug-likeness (QED) is 0.669. The number of nitrogens with two attached hydrogens (primary N) is 1. The number of allylic oxidation sites excluding steroid dienone is 2. The number of anilines is 1. The summed E-state index contributed by atoms with van der Waals surface area (Å²) in [6.45, 7) is 3.93. The Morgan fingerprint density at radius 2 is 1.96 bits per heavy atom. The number of benzene rings is 1. The van der Waals surface area contributed by atoms with Gasteiger partial charge in [0.1, 0.15) is 23.1 Å². The van der Waals surface area contributed by atoms with Crippen LogP contribution in [0.25, 0.3) is 0 Å². The van der Waals surface area contributed by atoms with E-state index in [9.17, 15) is 14.9 Å². The number of para-hydroxylation sites is 1. The fourth-order valence-electron chi connectivity index (χ4n) is 4.40. The molecule has 2 aliphatic heterocycles. The first-order valence-electron chi connectivity index (χ1n) is 8.15. The van der Waals surface area contributed by atoms with E-state index in [1.54, 1.807) is 24.3 Å². The number of nitrogens with one attached hydrogen (secondary N) is 2. The van der Waals surface area contributed by atoms with E-state index in [-0.39, 0.29) is 28.5 Å². The molecule has 25 heavy (non-hydrogen) atoms. The minimum Gasteiger partial charge on any atom is -0.384 e. The van der Waals surface area contributed by atoms with Gasteiger partial charge < -0.3 is 16.4 Å². The summed E-state index contributed by atoms with van der Waals surface area (Å²) < 4.78 is 0. The first-order chi connectivity index (χ1) is 11.8. The summed E-state index contributed by atoms with van der Waals surface area (Å²) in [5.41, 5.74) is 6.33. The lowest BCUT2D eigenvalue weighted by molar-refractivity contribution is -0.131. The molecule has 1 spiro atoms. The lowest BCUT2D eigenvalue weighted by atomic mass is 9.58. The van der Waals surface area contributed by atoms with Gasteiger partial charge in [-0.3, -0.25) is 9.59 Å². The molecule has 0 bridgehead atoms. The standard InChI is InChI=1S/C19H18N4O2/c1-18(2)7-13-15(14(24)8-18)19(11(9-20)16(21)22-13)10-5-3-4-6-12(10)23-17(19)25/h3-7,15,22H,8,21H2,1-2H3,(H,23,25). The van der Waals surface area contributed by atoms with E-state index in [0.29, 0.717) is 23.4 Å². The van der Waals surface area contributed by atoms with Crippen LogP contribution in [0.3, 0.4) is 0 Å². The van der Waals surface area contributed by atoms with Gasteiger partial charge in [0, 0.05) is 17.8 Å². The maximum absolute atomic E-state index is 13.1. The second-order valence-electron chi connectivity index (χ2n) is 7.50. The van der Waals surface area contributed by atoms with Crippen LogP contribution in [0, 0.1) is 22.7 Å². The minimum absolute atomic E-state index is 0.0675. The lowest BCUT2D eigenvalue weighted by Crippen LogP contribution is -2.56. The normalized spacial score (nSPS) is 29.3. The van der Waals surface area contributed by atoms with Crippen LogP contribution in [0.2, 0.25) is 0 Å². The number of ketones is 1. The molecule has 0 radical (unpaired) electrons. The van der Waals surface area contributed by atoms with Crippen molar-refractivity contribution < 1.29 is 9.59 Å². The molecule has 2 atom stereocenters. The first-order valence-corrected chi connectivity index (χ1v) is 8.15. The molecule has 2 unspecified atom stereocenters. The van der Waals surface area contributed by atoms with E-state index in [1.807, 2.05) is 19.9 Å². The predicted molar refractivity (Wildman–Crippen MR) is 91.7 cm³/mol. The zero-order chi connectivity index (χ0) is 18.0. The monoisotopic (exact) mass is 334 g/mol. The van der Waals surface area contributed by atoms with Crippen LogP contribution in [0.15, 0.2) is 47.4 Å². The molecular formula is C19H18N4O2. The number of hydrogen-bond donors (Lipinski definition) is 3. The van der Waals surface area contributed by atoms with Gasteiger partial charge in [0.05, 0.1) is 11.5 Å². The second kappa shape index (κ2) is 4.73. The number of nitriles is 1. The molecule has 0 fully saturated rings. The molecule has 0 saturated heterocycles. The Morgan fingerprint density at radius 3 is 2.68 bits per heavy atom. The molecule has 1 aliphatic carbocycles. The van der Waals surface area contributed by atoms with Crippen molar-refractivity contribution in [3.05, 3.63) is 53.0 Å². The Kier molecular flexibility index (Phi) is 2.92. The van der Waals surface area contributed by atoms with Crippen LogP contribution < -0.4 is 16.4 Å². The largest absolute Gasteiger partial charge is 0.384 e. The van der Waals surface area contributed by atoms with Gasteiger partial charge in [0.25, 0.3) is 0 Å². The zero-order valence-corrected chi connectivity index (χ0v) is 14.0. The van der Waals surface area contributed by atoms with Gasteiger partial charge in [-0.1, -0.05) is 38.1 Å². The zero-order valence-electron chi connectivity index (χ0n) is 14.0. The Labute approximate surface area is 145 Å². The summed E-state index contributed by atoms with van der Waals surface area (Å²) in [6, 6.07) is 9.25. The Hall–Kier alpha value is -3.07. The van der Waals surface area contributed by atoms with Crippen LogP contribution in [0.5, 0.6) is 0 Å². The maximum Gasteiger partial charge on any atom is 0.241 e. The number of fused-ring (bicyclic) bond motifs is 4. The van der Waals surface area contributed by atoms with Crippen molar-refractivity contribution in [2.45, 2.75) is 25.7 Å². The van der Waals surface area contributed by atoms with E-state index >= 15 is 0 Å². The van der Waals surface area contributed by atoms with Gasteiger partial charge in [-0.2, -0.15) is 5.26 Å². The van der Waals surface area contributed by atoms with Crippen molar-refractivity contribution >= 4 is 17.4 Å². The third-order valence-corrected chi connectivity index (χ3v) is 5.25. The molecule has 4 rings (SSSR count). The van der Waals surface area contributed by atoms with Crippen molar-refractivity contribution in [1.29, 1.82) is 5.26 Å². The van der Waals surface area contributed by atoms with E-state index in [0.717, 1.165) is 0 Å². The summed E-state index contributed by atoms with van der Waals surface area (Å²) in [4.78, 5) is 26.2. The highest BCUT2D eigenvalue weighted by molar-refractivity contribution is 6.13. The highest BCUT2D eigenvalue weighted by Crippen LogP contribution is 2.54. The molecule has 0 saturated carbocycles. The van der Waals surface area contributed by atoms with Crippen LogP contribution in [-0.2, 0) is 15.0 Å². The summed E-state index contributed by atoms with van der Waals surface area (Å²) in [5.74, 6) is -1.09. The summed E-state index contributed by atoms with van der Waals surface area (Å²) in [6.07, 6.45) is 2.26. The van der Waals surface area contributed by atoms with E-state index in [1.165, 1.54) is 0 Å². The number of carbonyl (C=O) groups is 2. The fraction of sp³-hybridized carbons (Fsp3) is 0.316. The molecule has 4 N–H and O–H groups in total. The summed E-state index contributed by atoms with van der Waals surface area (Å²) >= 11 is 0. The van der Waals surface area contributed by atoms with E-state index in [4.69, 9.17) is 5.73 Å². The molecule has 6 heteroatoms. The smallest absolute Gasteiger partial charge is 0.241 e. The van der Waals surface area contributed by atoms with Crippen LogP contribution in [0.1, 0.15) is 25.8 Å². The number of carbonyl (C=O) groups excluding carboxylic acids is 2. The fourth-order valence-corrected chi connectivity index (χ4v) is 4.40. The average Bonchev–Trinajstić information content (AvgIpc) is 2.79. The summed E-state index contributed by atoms with van der Waals surface area (Å²) in [7, 11) is 0. The minimum atomic E-state index is -1.40. The van der Waals surface area contributed by atoms with Crippen molar-refractivity contribution in [2.24, 2.45) is 17.1 Å². The Bertz CT molecular complexity index is 935. The number of hydrogen-bond acceptors (Lipinski definition) is 5. The van der Waals surface area contributed by atoms with Crippen molar-refractivity contribution in [3.63, 3.8) is 0 Å². The molecule has 126 valence electrons. The maximum atomic E-state index is 13.1. The van der Waals surface area contributed by atoms with Gasteiger partial charge in [0.2, 0.25) is 5.91 Å². The molecular weight excluding hydrogens is 316 g/mol. The Morgan fingerprint density at radius 1 is 1.24 bits per heavy atom. The molecule has 2 heterocycles. The highest BCUT2D eigenvalue weighted by Gasteiger charge is 2.62. The molecule has 6 nitrogen and oxygen atoms in total.